The second-order valence-corrected chi connectivity index (χ2v) is 5.54. The minimum absolute atomic E-state index is 0.000929. The predicted molar refractivity (Wildman–Crippen MR) is 81.2 cm³/mol. The molecule has 1 aromatic heterocycles. The van der Waals surface area contributed by atoms with E-state index in [2.05, 4.69) is 4.98 Å². The van der Waals surface area contributed by atoms with Gasteiger partial charge < -0.3 is 4.74 Å². The molecule has 1 aromatic carbocycles. The minimum Gasteiger partial charge on any atom is -0.495 e. The number of aromatic nitrogens is 1. The summed E-state index contributed by atoms with van der Waals surface area (Å²) in [5, 5.41) is -0.0872. The fourth-order valence-electron chi connectivity index (χ4n) is 1.53. The summed E-state index contributed by atoms with van der Waals surface area (Å²) in [5.74, 6) is -0.424. The lowest BCUT2D eigenvalue weighted by atomic mass is 10.1. The normalized spacial score (nSPS) is 10.8. The van der Waals surface area contributed by atoms with E-state index >= 15 is 0 Å². The van der Waals surface area contributed by atoms with Crippen LogP contribution in [0.2, 0.25) is 25.1 Å². The molecular weight excluding hydrogens is 370 g/mol. The van der Waals surface area contributed by atoms with Crippen LogP contribution in [0.25, 0.3) is 11.3 Å². The Morgan fingerprint density at radius 1 is 0.950 bits per heavy atom. The molecule has 0 aliphatic heterocycles. The van der Waals surface area contributed by atoms with Gasteiger partial charge in [0.15, 0.2) is 5.82 Å². The molecule has 0 atom stereocenters. The SMILES string of the molecule is COc1cnc(-c2c(Cl)c(Cl)c(Cl)c(Cl)c2Cl)c(F)c1. The molecule has 106 valence electrons. The van der Waals surface area contributed by atoms with Gasteiger partial charge in [-0.2, -0.15) is 0 Å². The summed E-state index contributed by atoms with van der Waals surface area (Å²) < 4.78 is 18.9. The summed E-state index contributed by atoms with van der Waals surface area (Å²) in [6, 6.07) is 1.14. The molecule has 0 aliphatic rings. The summed E-state index contributed by atoms with van der Waals surface area (Å²) in [6.07, 6.45) is 1.32. The molecule has 0 bridgehead atoms. The Bertz CT molecular complexity index is 663. The lowest BCUT2D eigenvalue weighted by molar-refractivity contribution is 0.409. The Hall–Kier alpha value is -0.450. The molecule has 20 heavy (non-hydrogen) atoms. The molecular formula is C12H5Cl5FNO. The molecule has 0 N–H and O–H groups in total. The molecule has 0 aliphatic carbocycles. The molecule has 8 heteroatoms. The van der Waals surface area contributed by atoms with Gasteiger partial charge in [0.1, 0.15) is 11.4 Å². The Kier molecular flexibility index (Phi) is 4.88. The van der Waals surface area contributed by atoms with Gasteiger partial charge in [0.2, 0.25) is 0 Å². The Balaban J connectivity index is 2.76. The Morgan fingerprint density at radius 3 is 1.90 bits per heavy atom. The van der Waals surface area contributed by atoms with Crippen LogP contribution in [0.4, 0.5) is 4.39 Å². The van der Waals surface area contributed by atoms with E-state index in [0.29, 0.717) is 0 Å². The molecule has 2 rings (SSSR count). The van der Waals surface area contributed by atoms with E-state index < -0.39 is 5.82 Å². The van der Waals surface area contributed by atoms with Gasteiger partial charge in [-0.3, -0.25) is 0 Å². The third kappa shape index (κ3) is 2.66. The largest absolute Gasteiger partial charge is 0.495 e. The number of ether oxygens (including phenoxy) is 1. The van der Waals surface area contributed by atoms with Crippen LogP contribution in [-0.2, 0) is 0 Å². The first-order valence-electron chi connectivity index (χ1n) is 5.09. The summed E-state index contributed by atoms with van der Waals surface area (Å²) in [5.41, 5.74) is -0.0193. The number of hydrogen-bond acceptors (Lipinski definition) is 2. The number of halogens is 6. The predicted octanol–water partition coefficient (Wildman–Crippen LogP) is 6.16. The maximum Gasteiger partial charge on any atom is 0.153 e. The summed E-state index contributed by atoms with van der Waals surface area (Å²) in [4.78, 5) is 3.92. The Morgan fingerprint density at radius 2 is 1.45 bits per heavy atom. The number of rotatable bonds is 2. The number of methoxy groups -OCH3 is 1. The average molecular weight is 375 g/mol. The van der Waals surface area contributed by atoms with Crippen molar-refractivity contribution >= 4 is 58.0 Å². The van der Waals surface area contributed by atoms with E-state index in [1.165, 1.54) is 13.3 Å². The second-order valence-electron chi connectivity index (χ2n) is 3.65. The summed E-state index contributed by atoms with van der Waals surface area (Å²) in [6.45, 7) is 0. The molecule has 0 fully saturated rings. The van der Waals surface area contributed by atoms with Crippen LogP contribution in [0.15, 0.2) is 12.3 Å². The monoisotopic (exact) mass is 373 g/mol. The highest BCUT2D eigenvalue weighted by atomic mass is 35.5. The van der Waals surface area contributed by atoms with Crippen LogP contribution in [0.5, 0.6) is 5.75 Å². The van der Waals surface area contributed by atoms with E-state index in [1.54, 1.807) is 0 Å². The zero-order chi connectivity index (χ0) is 15.0. The van der Waals surface area contributed by atoms with Gasteiger partial charge in [-0.25, -0.2) is 9.37 Å². The topological polar surface area (TPSA) is 22.1 Å². The molecule has 0 amide bonds. The molecule has 0 spiro atoms. The smallest absolute Gasteiger partial charge is 0.153 e. The fourth-order valence-corrected chi connectivity index (χ4v) is 2.85. The van der Waals surface area contributed by atoms with Crippen LogP contribution in [0.3, 0.4) is 0 Å². The summed E-state index contributed by atoms with van der Waals surface area (Å²) in [7, 11) is 1.39. The average Bonchev–Trinajstić information content (AvgIpc) is 2.44. The fraction of sp³-hybridized carbons (Fsp3) is 0.0833. The van der Waals surface area contributed by atoms with Gasteiger partial charge in [0, 0.05) is 11.6 Å². The molecule has 1 heterocycles. The molecule has 0 radical (unpaired) electrons. The van der Waals surface area contributed by atoms with Crippen LogP contribution >= 0.6 is 58.0 Å². The third-order valence-corrected chi connectivity index (χ3v) is 4.78. The lowest BCUT2D eigenvalue weighted by Crippen LogP contribution is -1.95. The van der Waals surface area contributed by atoms with Crippen LogP contribution in [-0.4, -0.2) is 12.1 Å². The van der Waals surface area contributed by atoms with E-state index in [0.717, 1.165) is 6.07 Å². The van der Waals surface area contributed by atoms with Gasteiger partial charge >= 0.3 is 0 Å². The maximum absolute atomic E-state index is 14.1. The van der Waals surface area contributed by atoms with Crippen molar-refractivity contribution in [2.45, 2.75) is 0 Å². The number of benzene rings is 1. The van der Waals surface area contributed by atoms with Gasteiger partial charge in [-0.15, -0.1) is 0 Å². The van der Waals surface area contributed by atoms with E-state index in [4.69, 9.17) is 62.7 Å². The summed E-state index contributed by atoms with van der Waals surface area (Å²) >= 11 is 29.9. The van der Waals surface area contributed by atoms with E-state index in [1.807, 2.05) is 0 Å². The highest BCUT2D eigenvalue weighted by molar-refractivity contribution is 6.56. The third-order valence-electron chi connectivity index (χ3n) is 2.50. The molecule has 2 nitrogen and oxygen atoms in total. The molecule has 0 saturated heterocycles. The number of hydrogen-bond donors (Lipinski definition) is 0. The van der Waals surface area contributed by atoms with Crippen molar-refractivity contribution in [2.24, 2.45) is 0 Å². The molecule has 0 saturated carbocycles. The van der Waals surface area contributed by atoms with E-state index in [9.17, 15) is 4.39 Å². The van der Waals surface area contributed by atoms with Crippen LogP contribution in [0, 0.1) is 5.82 Å². The van der Waals surface area contributed by atoms with Crippen LogP contribution in [0.1, 0.15) is 0 Å². The van der Waals surface area contributed by atoms with Crippen molar-refractivity contribution in [3.63, 3.8) is 0 Å². The zero-order valence-electron chi connectivity index (χ0n) is 9.78. The van der Waals surface area contributed by atoms with Crippen LogP contribution < -0.4 is 4.74 Å². The van der Waals surface area contributed by atoms with Crippen molar-refractivity contribution in [3.05, 3.63) is 43.2 Å². The first-order valence-corrected chi connectivity index (χ1v) is 6.98. The minimum atomic E-state index is -0.678. The quantitative estimate of drug-likeness (QED) is 0.463. The van der Waals surface area contributed by atoms with Crippen molar-refractivity contribution < 1.29 is 9.13 Å². The number of pyridine rings is 1. The lowest BCUT2D eigenvalue weighted by Gasteiger charge is -2.13. The maximum atomic E-state index is 14.1. The van der Waals surface area contributed by atoms with Crippen molar-refractivity contribution in [1.82, 2.24) is 4.98 Å². The van der Waals surface area contributed by atoms with Gasteiger partial charge in [-0.1, -0.05) is 58.0 Å². The Labute approximate surface area is 139 Å². The van der Waals surface area contributed by atoms with Crippen molar-refractivity contribution in [2.75, 3.05) is 7.11 Å². The standard InChI is InChI=1S/C12H5Cl5FNO/c1-20-4-2-5(18)12(19-3-4)6-7(13)9(15)11(17)10(16)8(6)14/h2-3H,1H3. The van der Waals surface area contributed by atoms with E-state index in [-0.39, 0.29) is 42.1 Å². The molecule has 2 aromatic rings. The first-order chi connectivity index (χ1) is 9.38. The zero-order valence-corrected chi connectivity index (χ0v) is 13.6. The first kappa shape index (κ1) is 15.9. The van der Waals surface area contributed by atoms with Gasteiger partial charge in [0.25, 0.3) is 0 Å². The van der Waals surface area contributed by atoms with Gasteiger partial charge in [0.05, 0.1) is 38.4 Å². The highest BCUT2D eigenvalue weighted by Crippen LogP contribution is 2.48. The van der Waals surface area contributed by atoms with Crippen molar-refractivity contribution in [1.29, 1.82) is 0 Å². The number of nitrogens with zero attached hydrogens (tertiary/aromatic N) is 1. The molecule has 0 unspecified atom stereocenters. The van der Waals surface area contributed by atoms with Crippen molar-refractivity contribution in [3.8, 4) is 17.0 Å². The highest BCUT2D eigenvalue weighted by Gasteiger charge is 2.23. The second kappa shape index (κ2) is 6.12. The van der Waals surface area contributed by atoms with Gasteiger partial charge in [-0.05, 0) is 0 Å².